The molecule has 3 heterocycles. The Kier molecular flexibility index (Phi) is 9.08. The molecule has 2 aliphatic rings. The lowest BCUT2D eigenvalue weighted by Crippen LogP contribution is -2.36. The van der Waals surface area contributed by atoms with Crippen LogP contribution in [0.25, 0.3) is 10.8 Å². The molecule has 1 saturated heterocycles. The maximum atomic E-state index is 14.4. The van der Waals surface area contributed by atoms with Crippen molar-refractivity contribution >= 4 is 45.8 Å². The lowest BCUT2D eigenvalue weighted by Gasteiger charge is -2.33. The summed E-state index contributed by atoms with van der Waals surface area (Å²) in [5, 5.41) is 13.1. The zero-order chi connectivity index (χ0) is 29.8. The third-order valence-corrected chi connectivity index (χ3v) is 8.21. The van der Waals surface area contributed by atoms with Crippen LogP contribution >= 0.6 is 11.6 Å². The molecule has 2 aromatic carbocycles. The molecule has 10 nitrogen and oxygen atoms in total. The fourth-order valence-electron chi connectivity index (χ4n) is 5.55. The van der Waals surface area contributed by atoms with Crippen molar-refractivity contribution in [2.75, 3.05) is 56.7 Å². The van der Waals surface area contributed by atoms with Gasteiger partial charge in [-0.3, -0.25) is 4.79 Å². The van der Waals surface area contributed by atoms with Crippen LogP contribution in [0.3, 0.4) is 0 Å². The molecule has 5 rings (SSSR count). The second-order valence-corrected chi connectivity index (χ2v) is 11.0. The molecular weight excluding hydrogens is 563 g/mol. The van der Waals surface area contributed by atoms with Gasteiger partial charge >= 0.3 is 12.0 Å². The summed E-state index contributed by atoms with van der Waals surface area (Å²) in [6, 6.07) is 9.49. The Bertz CT molecular complexity index is 1520. The van der Waals surface area contributed by atoms with Gasteiger partial charge in [0.1, 0.15) is 18.2 Å². The number of benzene rings is 2. The molecule has 0 aliphatic carbocycles. The van der Waals surface area contributed by atoms with E-state index in [0.29, 0.717) is 49.9 Å². The SMILES string of the molecule is CN(CCNC(=O)/C=C/C(=O)O)c1nc(OC[C@@H]2CCCN2C)nc2c1CCN(c1cccc3ccc(F)c(Cl)c13)C2. The summed E-state index contributed by atoms with van der Waals surface area (Å²) in [6.07, 6.45) is 4.60. The Labute approximate surface area is 248 Å². The summed E-state index contributed by atoms with van der Waals surface area (Å²) in [4.78, 5) is 38.6. The number of fused-ring (bicyclic) bond motifs is 2. The molecule has 1 aromatic heterocycles. The Balaban J connectivity index is 1.41. The number of anilines is 2. The summed E-state index contributed by atoms with van der Waals surface area (Å²) in [5.41, 5.74) is 2.63. The maximum absolute atomic E-state index is 14.4. The van der Waals surface area contributed by atoms with E-state index in [1.54, 1.807) is 6.07 Å². The van der Waals surface area contributed by atoms with E-state index in [4.69, 9.17) is 31.4 Å². The normalized spacial score (nSPS) is 17.0. The number of carbonyl (C=O) groups is 2. The molecule has 222 valence electrons. The molecule has 42 heavy (non-hydrogen) atoms. The van der Waals surface area contributed by atoms with Crippen LogP contribution in [0, 0.1) is 5.82 Å². The van der Waals surface area contributed by atoms with Gasteiger partial charge in [0.05, 0.1) is 17.3 Å². The summed E-state index contributed by atoms with van der Waals surface area (Å²) >= 11 is 6.44. The topological polar surface area (TPSA) is 111 Å². The number of hydrogen-bond acceptors (Lipinski definition) is 8. The second-order valence-electron chi connectivity index (χ2n) is 10.6. The first-order chi connectivity index (χ1) is 20.2. The zero-order valence-electron chi connectivity index (χ0n) is 23.6. The number of rotatable bonds is 10. The molecule has 2 N–H and O–H groups in total. The van der Waals surface area contributed by atoms with Gasteiger partial charge in [-0.05, 0) is 50.4 Å². The van der Waals surface area contributed by atoms with Gasteiger partial charge in [-0.15, -0.1) is 0 Å². The number of amides is 1. The van der Waals surface area contributed by atoms with Gasteiger partial charge in [-0.2, -0.15) is 9.97 Å². The quantitative estimate of drug-likeness (QED) is 0.339. The molecule has 2 aliphatic heterocycles. The van der Waals surface area contributed by atoms with Gasteiger partial charge in [-0.1, -0.05) is 29.8 Å². The van der Waals surface area contributed by atoms with Crippen LogP contribution < -0.4 is 19.9 Å². The maximum Gasteiger partial charge on any atom is 0.328 e. The van der Waals surface area contributed by atoms with Crippen molar-refractivity contribution in [2.24, 2.45) is 0 Å². The molecule has 3 aromatic rings. The van der Waals surface area contributed by atoms with Gasteiger partial charge in [0.2, 0.25) is 5.91 Å². The number of nitrogens with zero attached hydrogens (tertiary/aromatic N) is 5. The Morgan fingerprint density at radius 3 is 2.83 bits per heavy atom. The minimum absolute atomic E-state index is 0.0990. The first kappa shape index (κ1) is 29.5. The third-order valence-electron chi connectivity index (χ3n) is 7.84. The van der Waals surface area contributed by atoms with Crippen LogP contribution in [0.1, 0.15) is 24.1 Å². The highest BCUT2D eigenvalue weighted by molar-refractivity contribution is 6.36. The second kappa shape index (κ2) is 12.9. The lowest BCUT2D eigenvalue weighted by atomic mass is 10.0. The highest BCUT2D eigenvalue weighted by atomic mass is 35.5. The lowest BCUT2D eigenvalue weighted by molar-refractivity contribution is -0.131. The molecule has 1 fully saturated rings. The number of ether oxygens (including phenoxy) is 1. The van der Waals surface area contributed by atoms with Crippen LogP contribution in [0.15, 0.2) is 42.5 Å². The monoisotopic (exact) mass is 596 g/mol. The number of likely N-dealkylation sites (N-methyl/N-ethyl adjacent to an activating group) is 2. The van der Waals surface area contributed by atoms with Crippen LogP contribution in [-0.2, 0) is 22.6 Å². The summed E-state index contributed by atoms with van der Waals surface area (Å²) < 4.78 is 20.6. The van der Waals surface area contributed by atoms with Crippen molar-refractivity contribution in [1.82, 2.24) is 20.2 Å². The molecule has 0 unspecified atom stereocenters. The largest absolute Gasteiger partial charge is 0.478 e. The highest BCUT2D eigenvalue weighted by Crippen LogP contribution is 2.37. The number of hydrogen-bond donors (Lipinski definition) is 2. The predicted octanol–water partition coefficient (Wildman–Crippen LogP) is 3.65. The van der Waals surface area contributed by atoms with E-state index in [1.807, 2.05) is 30.1 Å². The fraction of sp³-hybridized carbons (Fsp3) is 0.400. The van der Waals surface area contributed by atoms with E-state index >= 15 is 0 Å². The number of likely N-dealkylation sites (tertiary alicyclic amines) is 1. The minimum Gasteiger partial charge on any atom is -0.478 e. The summed E-state index contributed by atoms with van der Waals surface area (Å²) in [7, 11) is 3.97. The van der Waals surface area contributed by atoms with Gasteiger partial charge < -0.3 is 29.9 Å². The molecular formula is C30H34ClFN6O4. The summed E-state index contributed by atoms with van der Waals surface area (Å²) in [6.45, 7) is 3.33. The van der Waals surface area contributed by atoms with Crippen LogP contribution in [0.5, 0.6) is 6.01 Å². The smallest absolute Gasteiger partial charge is 0.328 e. The molecule has 0 saturated carbocycles. The predicted molar refractivity (Wildman–Crippen MR) is 160 cm³/mol. The van der Waals surface area contributed by atoms with Crippen molar-refractivity contribution in [2.45, 2.75) is 31.8 Å². The van der Waals surface area contributed by atoms with Crippen molar-refractivity contribution < 1.29 is 23.8 Å². The van der Waals surface area contributed by atoms with E-state index in [0.717, 1.165) is 53.9 Å². The van der Waals surface area contributed by atoms with Crippen LogP contribution in [0.2, 0.25) is 5.02 Å². The van der Waals surface area contributed by atoms with Gasteiger partial charge in [0.15, 0.2) is 0 Å². The zero-order valence-corrected chi connectivity index (χ0v) is 24.4. The van der Waals surface area contributed by atoms with Crippen molar-refractivity contribution in [3.8, 4) is 6.01 Å². The minimum atomic E-state index is -1.18. The van der Waals surface area contributed by atoms with E-state index in [9.17, 15) is 14.0 Å². The van der Waals surface area contributed by atoms with Crippen molar-refractivity contribution in [3.05, 3.63) is 64.6 Å². The standard InChI is InChI=1S/C30H34ClFN6O4/c1-36-14-4-6-20(36)18-42-30-34-23-17-38(24-7-3-5-19-8-9-22(32)28(31)27(19)24)15-12-21(23)29(35-30)37(2)16-13-33-25(39)10-11-26(40)41/h3,5,7-11,20H,4,6,12-18H2,1-2H3,(H,33,39)(H,40,41)/b11-10+/t20-/m0/s1. The van der Waals surface area contributed by atoms with Crippen molar-refractivity contribution in [1.29, 1.82) is 0 Å². The Hall–Kier alpha value is -3.96. The third kappa shape index (κ3) is 6.57. The number of carboxylic acid groups (broad SMARTS) is 1. The first-order valence-corrected chi connectivity index (χ1v) is 14.3. The van der Waals surface area contributed by atoms with Gasteiger partial charge in [0.25, 0.3) is 0 Å². The number of nitrogens with one attached hydrogen (secondary N) is 1. The molecule has 0 spiro atoms. The molecule has 1 atom stereocenters. The average Bonchev–Trinajstić information content (AvgIpc) is 3.40. The highest BCUT2D eigenvalue weighted by Gasteiger charge is 2.27. The number of carboxylic acids is 1. The molecule has 12 heteroatoms. The van der Waals surface area contributed by atoms with Crippen LogP contribution in [0.4, 0.5) is 15.9 Å². The first-order valence-electron chi connectivity index (χ1n) is 14.0. The van der Waals surface area contributed by atoms with Crippen molar-refractivity contribution in [3.63, 3.8) is 0 Å². The number of carbonyl (C=O) groups excluding carboxylic acids is 1. The summed E-state index contributed by atoms with van der Waals surface area (Å²) in [5.74, 6) is -1.41. The Morgan fingerprint density at radius 1 is 1.24 bits per heavy atom. The average molecular weight is 597 g/mol. The number of aromatic nitrogens is 2. The molecule has 0 bridgehead atoms. The number of aliphatic carboxylic acids is 1. The Morgan fingerprint density at radius 2 is 2.07 bits per heavy atom. The van der Waals surface area contributed by atoms with E-state index in [-0.39, 0.29) is 17.6 Å². The molecule has 0 radical (unpaired) electrons. The van der Waals surface area contributed by atoms with E-state index in [2.05, 4.69) is 22.2 Å². The van der Waals surface area contributed by atoms with E-state index < -0.39 is 17.7 Å². The van der Waals surface area contributed by atoms with Crippen LogP contribution in [-0.4, -0.2) is 84.8 Å². The van der Waals surface area contributed by atoms with Gasteiger partial charge in [-0.25, -0.2) is 9.18 Å². The fourth-order valence-corrected chi connectivity index (χ4v) is 5.82. The van der Waals surface area contributed by atoms with Gasteiger partial charge in [0, 0.05) is 61.5 Å². The number of halogens is 2. The van der Waals surface area contributed by atoms with E-state index in [1.165, 1.54) is 6.07 Å². The molecule has 1 amide bonds.